The smallest absolute Gasteiger partial charge is 0.191 e. The molecule has 1 saturated heterocycles. The molecule has 154 valence electrons. The number of aliphatic hydroxyl groups excluding tert-OH is 1. The highest BCUT2D eigenvalue weighted by atomic mass is 32.1. The molecule has 1 fully saturated rings. The van der Waals surface area contributed by atoms with Crippen LogP contribution in [-0.2, 0) is 4.74 Å². The first-order valence-corrected chi connectivity index (χ1v) is 11.1. The minimum atomic E-state index is 0.238. The van der Waals surface area contributed by atoms with Crippen LogP contribution in [0.2, 0.25) is 0 Å². The summed E-state index contributed by atoms with van der Waals surface area (Å²) in [5.74, 6) is 1.31. The third-order valence-electron chi connectivity index (χ3n) is 4.91. The molecule has 0 amide bonds. The third kappa shape index (κ3) is 7.78. The maximum Gasteiger partial charge on any atom is 0.191 e. The van der Waals surface area contributed by atoms with Gasteiger partial charge in [0.05, 0.1) is 19.3 Å². The standard InChI is InChI=1S/C20H36N4O2S/c1-3-6-17(8-11-25)15-22-20(21-4-2)23-16-18(19-7-5-14-27-19)24-9-12-26-13-10-24/h5,7,14,17-18,25H,3-4,6,8-13,15-16H2,1-2H3,(H2,21,22,23). The van der Waals surface area contributed by atoms with Crippen LogP contribution in [0.15, 0.2) is 22.5 Å². The van der Waals surface area contributed by atoms with Gasteiger partial charge in [0.1, 0.15) is 0 Å². The van der Waals surface area contributed by atoms with Crippen molar-refractivity contribution in [3.05, 3.63) is 22.4 Å². The van der Waals surface area contributed by atoms with Crippen molar-refractivity contribution in [1.82, 2.24) is 15.5 Å². The molecule has 2 atom stereocenters. The molecule has 0 bridgehead atoms. The molecule has 2 rings (SSSR count). The second-order valence-electron chi connectivity index (χ2n) is 6.95. The lowest BCUT2D eigenvalue weighted by molar-refractivity contribution is 0.0177. The molecule has 0 aliphatic carbocycles. The topological polar surface area (TPSA) is 69.1 Å². The van der Waals surface area contributed by atoms with Crippen LogP contribution in [0.4, 0.5) is 0 Å². The first-order valence-electron chi connectivity index (χ1n) is 10.3. The van der Waals surface area contributed by atoms with E-state index in [4.69, 9.17) is 9.73 Å². The highest BCUT2D eigenvalue weighted by Gasteiger charge is 2.23. The van der Waals surface area contributed by atoms with Gasteiger partial charge >= 0.3 is 0 Å². The number of guanidine groups is 1. The first kappa shape index (κ1) is 22.1. The van der Waals surface area contributed by atoms with Crippen LogP contribution in [0.25, 0.3) is 0 Å². The zero-order valence-electron chi connectivity index (χ0n) is 16.8. The van der Waals surface area contributed by atoms with E-state index in [9.17, 15) is 5.11 Å². The Bertz CT molecular complexity index is 512. The minimum absolute atomic E-state index is 0.238. The van der Waals surface area contributed by atoms with Gasteiger partial charge < -0.3 is 20.5 Å². The lowest BCUT2D eigenvalue weighted by atomic mass is 10.0. The van der Waals surface area contributed by atoms with E-state index in [1.807, 2.05) is 11.3 Å². The predicted molar refractivity (Wildman–Crippen MR) is 114 cm³/mol. The summed E-state index contributed by atoms with van der Waals surface area (Å²) in [4.78, 5) is 8.67. The fourth-order valence-electron chi connectivity index (χ4n) is 3.45. The monoisotopic (exact) mass is 396 g/mol. The fraction of sp³-hybridized carbons (Fsp3) is 0.750. The van der Waals surface area contributed by atoms with E-state index in [1.165, 1.54) is 4.88 Å². The molecule has 0 spiro atoms. The molecule has 2 heterocycles. The molecular weight excluding hydrogens is 360 g/mol. The number of nitrogens with zero attached hydrogens (tertiary/aromatic N) is 2. The number of thiophene rings is 1. The molecule has 3 N–H and O–H groups in total. The number of rotatable bonds is 11. The van der Waals surface area contributed by atoms with Crippen molar-refractivity contribution >= 4 is 17.3 Å². The molecule has 1 aromatic heterocycles. The Morgan fingerprint density at radius 2 is 2.11 bits per heavy atom. The number of aliphatic hydroxyl groups is 1. The van der Waals surface area contributed by atoms with Gasteiger partial charge in [-0.05, 0) is 37.1 Å². The van der Waals surface area contributed by atoms with Gasteiger partial charge in [-0.1, -0.05) is 19.4 Å². The second kappa shape index (κ2) is 13.1. The summed E-state index contributed by atoms with van der Waals surface area (Å²) in [5.41, 5.74) is 0. The number of ether oxygens (including phenoxy) is 1. The molecule has 0 aromatic carbocycles. The molecule has 1 aromatic rings. The SMILES string of the molecule is CCCC(CCO)CN=C(NCC)NCC(c1cccs1)N1CCOCC1. The normalized spacial score (nSPS) is 18.3. The van der Waals surface area contributed by atoms with Crippen molar-refractivity contribution in [1.29, 1.82) is 0 Å². The molecular formula is C20H36N4O2S. The first-order chi connectivity index (χ1) is 13.3. The zero-order valence-corrected chi connectivity index (χ0v) is 17.6. The molecule has 6 nitrogen and oxygen atoms in total. The van der Waals surface area contributed by atoms with E-state index in [1.54, 1.807) is 0 Å². The molecule has 0 saturated carbocycles. The average Bonchev–Trinajstić information content (AvgIpc) is 3.21. The largest absolute Gasteiger partial charge is 0.396 e. The van der Waals surface area contributed by atoms with Gasteiger partial charge in [-0.15, -0.1) is 11.3 Å². The zero-order chi connectivity index (χ0) is 19.3. The highest BCUT2D eigenvalue weighted by molar-refractivity contribution is 7.10. The van der Waals surface area contributed by atoms with Gasteiger partial charge in [-0.3, -0.25) is 9.89 Å². The maximum atomic E-state index is 9.26. The van der Waals surface area contributed by atoms with Crippen molar-refractivity contribution in [2.24, 2.45) is 10.9 Å². The van der Waals surface area contributed by atoms with Crippen molar-refractivity contribution in [2.45, 2.75) is 39.2 Å². The predicted octanol–water partition coefficient (Wildman–Crippen LogP) is 2.48. The summed E-state index contributed by atoms with van der Waals surface area (Å²) in [7, 11) is 0. The van der Waals surface area contributed by atoms with E-state index in [2.05, 4.69) is 46.9 Å². The van der Waals surface area contributed by atoms with Crippen LogP contribution >= 0.6 is 11.3 Å². The molecule has 7 heteroatoms. The Hall–Kier alpha value is -1.15. The molecule has 1 aliphatic rings. The van der Waals surface area contributed by atoms with Crippen molar-refractivity contribution < 1.29 is 9.84 Å². The van der Waals surface area contributed by atoms with Gasteiger partial charge in [0.25, 0.3) is 0 Å². The van der Waals surface area contributed by atoms with Crippen LogP contribution in [0.1, 0.15) is 44.0 Å². The Morgan fingerprint density at radius 3 is 2.74 bits per heavy atom. The summed E-state index contributed by atoms with van der Waals surface area (Å²) in [6.45, 7) is 10.5. The van der Waals surface area contributed by atoms with Crippen molar-refractivity contribution in [2.75, 3.05) is 52.5 Å². The lowest BCUT2D eigenvalue weighted by Crippen LogP contribution is -2.46. The van der Waals surface area contributed by atoms with E-state index >= 15 is 0 Å². The quantitative estimate of drug-likeness (QED) is 0.396. The third-order valence-corrected chi connectivity index (χ3v) is 5.88. The summed E-state index contributed by atoms with van der Waals surface area (Å²) in [5, 5.41) is 18.3. The number of hydrogen-bond donors (Lipinski definition) is 3. The van der Waals surface area contributed by atoms with Gasteiger partial charge in [0, 0.05) is 44.2 Å². The lowest BCUT2D eigenvalue weighted by Gasteiger charge is -2.34. The summed E-state index contributed by atoms with van der Waals surface area (Å²) < 4.78 is 5.53. The van der Waals surface area contributed by atoms with E-state index in [-0.39, 0.29) is 6.61 Å². The van der Waals surface area contributed by atoms with Gasteiger partial charge in [-0.2, -0.15) is 0 Å². The number of aliphatic imine (C=N–C) groups is 1. The highest BCUT2D eigenvalue weighted by Crippen LogP contribution is 2.25. The molecule has 2 unspecified atom stereocenters. The van der Waals surface area contributed by atoms with Crippen LogP contribution in [0.5, 0.6) is 0 Å². The Balaban J connectivity index is 1.98. The van der Waals surface area contributed by atoms with Gasteiger partial charge in [-0.25, -0.2) is 0 Å². The molecule has 0 radical (unpaired) electrons. The number of nitrogens with one attached hydrogen (secondary N) is 2. The molecule has 27 heavy (non-hydrogen) atoms. The Labute approximate surface area is 168 Å². The van der Waals surface area contributed by atoms with Gasteiger partial charge in [0.2, 0.25) is 0 Å². The van der Waals surface area contributed by atoms with Crippen molar-refractivity contribution in [3.8, 4) is 0 Å². The summed E-state index contributed by atoms with van der Waals surface area (Å²) in [6.07, 6.45) is 3.05. The van der Waals surface area contributed by atoms with E-state index in [0.717, 1.165) is 71.2 Å². The Morgan fingerprint density at radius 1 is 1.30 bits per heavy atom. The molecule has 1 aliphatic heterocycles. The Kier molecular flexibility index (Phi) is 10.7. The van der Waals surface area contributed by atoms with E-state index in [0.29, 0.717) is 12.0 Å². The number of hydrogen-bond acceptors (Lipinski definition) is 5. The van der Waals surface area contributed by atoms with Crippen LogP contribution in [0.3, 0.4) is 0 Å². The van der Waals surface area contributed by atoms with Crippen LogP contribution in [0, 0.1) is 5.92 Å². The summed E-state index contributed by atoms with van der Waals surface area (Å²) >= 11 is 1.81. The van der Waals surface area contributed by atoms with E-state index < -0.39 is 0 Å². The van der Waals surface area contributed by atoms with Crippen molar-refractivity contribution in [3.63, 3.8) is 0 Å². The second-order valence-corrected chi connectivity index (χ2v) is 7.93. The maximum absolute atomic E-state index is 9.26. The average molecular weight is 397 g/mol. The van der Waals surface area contributed by atoms with Gasteiger partial charge in [0.15, 0.2) is 5.96 Å². The fourth-order valence-corrected chi connectivity index (χ4v) is 4.31. The minimum Gasteiger partial charge on any atom is -0.396 e. The summed E-state index contributed by atoms with van der Waals surface area (Å²) in [6, 6.07) is 4.67. The number of morpholine rings is 1. The van der Waals surface area contributed by atoms with Crippen LogP contribution < -0.4 is 10.6 Å². The van der Waals surface area contributed by atoms with Crippen LogP contribution in [-0.4, -0.2) is 68.5 Å².